The normalized spacial score (nSPS) is 24.7. The van der Waals surface area contributed by atoms with Crippen LogP contribution in [0.25, 0.3) is 0 Å². The van der Waals surface area contributed by atoms with Gasteiger partial charge in [-0.2, -0.15) is 0 Å². The van der Waals surface area contributed by atoms with Crippen LogP contribution in [0.3, 0.4) is 0 Å². The lowest BCUT2D eigenvalue weighted by Gasteiger charge is -2.16. The van der Waals surface area contributed by atoms with Crippen LogP contribution in [0.4, 0.5) is 0 Å². The third-order valence-corrected chi connectivity index (χ3v) is 3.47. The standard InChI is InChI=1S/C10H18.C2H8Si/c1-2-6-9(5-1)10-7-3-4-8-10;1-2-3/h9-10H,1-8H2;2H2,1,3H3. The van der Waals surface area contributed by atoms with E-state index in [0.29, 0.717) is 0 Å². The molecule has 2 aliphatic carbocycles. The topological polar surface area (TPSA) is 0 Å². The van der Waals surface area contributed by atoms with Crippen molar-refractivity contribution in [2.24, 2.45) is 11.8 Å². The first-order chi connectivity index (χ1) is 6.38. The van der Waals surface area contributed by atoms with Crippen molar-refractivity contribution in [3.05, 3.63) is 0 Å². The van der Waals surface area contributed by atoms with Crippen LogP contribution in [0.15, 0.2) is 0 Å². The molecule has 0 spiro atoms. The third-order valence-electron chi connectivity index (χ3n) is 3.47. The maximum absolute atomic E-state index is 2.19. The van der Waals surface area contributed by atoms with Gasteiger partial charge >= 0.3 is 0 Å². The first-order valence-electron chi connectivity index (χ1n) is 6.38. The predicted octanol–water partition coefficient (Wildman–Crippen LogP) is 3.16. The maximum Gasteiger partial charge on any atom is 0.00244 e. The Morgan fingerprint density at radius 2 is 1.08 bits per heavy atom. The van der Waals surface area contributed by atoms with Crippen LogP contribution in [0.1, 0.15) is 58.3 Å². The minimum atomic E-state index is 1.16. The number of hydrogen-bond donors (Lipinski definition) is 0. The summed E-state index contributed by atoms with van der Waals surface area (Å²) < 4.78 is 0. The summed E-state index contributed by atoms with van der Waals surface area (Å²) in [4.78, 5) is 0. The van der Waals surface area contributed by atoms with Gasteiger partial charge in [-0.1, -0.05) is 64.3 Å². The predicted molar refractivity (Wildman–Crippen MR) is 64.3 cm³/mol. The lowest BCUT2D eigenvalue weighted by molar-refractivity contribution is 0.347. The van der Waals surface area contributed by atoms with Gasteiger partial charge in [-0.3, -0.25) is 0 Å². The molecule has 0 N–H and O–H groups in total. The molecule has 2 rings (SSSR count). The van der Waals surface area contributed by atoms with E-state index >= 15 is 0 Å². The smallest absolute Gasteiger partial charge is 0.00244 e. The molecular weight excluding hydrogens is 172 g/mol. The minimum Gasteiger partial charge on any atom is -0.0686 e. The van der Waals surface area contributed by atoms with Gasteiger partial charge in [0, 0.05) is 10.2 Å². The van der Waals surface area contributed by atoms with Gasteiger partial charge in [-0.25, -0.2) is 0 Å². The highest BCUT2D eigenvalue weighted by Crippen LogP contribution is 2.39. The third kappa shape index (κ3) is 3.84. The molecule has 0 bridgehead atoms. The lowest BCUT2D eigenvalue weighted by atomic mass is 9.90. The van der Waals surface area contributed by atoms with Crippen molar-refractivity contribution in [2.45, 2.75) is 64.3 Å². The van der Waals surface area contributed by atoms with Crippen LogP contribution in [-0.4, -0.2) is 10.2 Å². The van der Waals surface area contributed by atoms with E-state index in [9.17, 15) is 0 Å². The summed E-state index contributed by atoms with van der Waals surface area (Å²) in [6.07, 6.45) is 12.4. The molecule has 0 nitrogen and oxygen atoms in total. The zero-order valence-corrected chi connectivity index (χ0v) is 11.5. The molecule has 0 aromatic rings. The molecule has 78 valence electrons. The Hall–Kier alpha value is 0.217. The highest BCUT2D eigenvalue weighted by molar-refractivity contribution is 6.08. The molecular formula is C12H26Si. The minimum absolute atomic E-state index is 1.16. The molecule has 1 heteroatoms. The molecule has 0 aromatic heterocycles. The van der Waals surface area contributed by atoms with Crippen LogP contribution < -0.4 is 0 Å². The summed E-state index contributed by atoms with van der Waals surface area (Å²) in [5.74, 6) is 2.31. The first kappa shape index (κ1) is 11.3. The summed E-state index contributed by atoms with van der Waals surface area (Å²) in [5.41, 5.74) is 0. The summed E-state index contributed by atoms with van der Waals surface area (Å²) in [6, 6.07) is 1.39. The lowest BCUT2D eigenvalue weighted by Crippen LogP contribution is -2.06. The van der Waals surface area contributed by atoms with E-state index in [1.165, 1.54) is 42.0 Å². The highest BCUT2D eigenvalue weighted by atomic mass is 28.1. The van der Waals surface area contributed by atoms with Gasteiger partial charge in [-0.15, -0.1) is 0 Å². The number of rotatable bonds is 1. The average molecular weight is 198 g/mol. The fraction of sp³-hybridized carbons (Fsp3) is 1.00. The van der Waals surface area contributed by atoms with Gasteiger partial charge in [0.25, 0.3) is 0 Å². The van der Waals surface area contributed by atoms with Crippen molar-refractivity contribution in [2.75, 3.05) is 0 Å². The van der Waals surface area contributed by atoms with Crippen molar-refractivity contribution in [3.8, 4) is 0 Å². The van der Waals surface area contributed by atoms with Gasteiger partial charge in [0.2, 0.25) is 0 Å². The summed E-state index contributed by atoms with van der Waals surface area (Å²) in [6.45, 7) is 2.19. The van der Waals surface area contributed by atoms with Crippen molar-refractivity contribution in [1.29, 1.82) is 0 Å². The summed E-state index contributed by atoms with van der Waals surface area (Å²) >= 11 is 0. The highest BCUT2D eigenvalue weighted by Gasteiger charge is 2.26. The number of hydrogen-bond acceptors (Lipinski definition) is 0. The van der Waals surface area contributed by atoms with Crippen LogP contribution in [0.5, 0.6) is 0 Å². The fourth-order valence-electron chi connectivity index (χ4n) is 2.86. The molecule has 13 heavy (non-hydrogen) atoms. The Labute approximate surface area is 86.9 Å². The van der Waals surface area contributed by atoms with E-state index in [0.717, 1.165) is 11.8 Å². The van der Waals surface area contributed by atoms with Gasteiger partial charge in [0.15, 0.2) is 0 Å². The zero-order valence-electron chi connectivity index (χ0n) is 9.52. The zero-order chi connectivity index (χ0) is 9.52. The molecule has 0 aromatic carbocycles. The molecule has 0 radical (unpaired) electrons. The second-order valence-corrected chi connectivity index (χ2v) is 6.21. The monoisotopic (exact) mass is 198 g/mol. The largest absolute Gasteiger partial charge is 0.0686 e. The molecule has 2 fully saturated rings. The average Bonchev–Trinajstić information content (AvgIpc) is 2.78. The van der Waals surface area contributed by atoms with E-state index in [4.69, 9.17) is 0 Å². The quantitative estimate of drug-likeness (QED) is 0.568. The summed E-state index contributed by atoms with van der Waals surface area (Å²) in [5, 5.41) is 0. The van der Waals surface area contributed by atoms with Crippen molar-refractivity contribution in [1.82, 2.24) is 0 Å². The molecule has 0 amide bonds. The van der Waals surface area contributed by atoms with E-state index < -0.39 is 0 Å². The molecule has 0 heterocycles. The Morgan fingerprint density at radius 1 is 0.846 bits per heavy atom. The second-order valence-electron chi connectivity index (χ2n) is 4.80. The van der Waals surface area contributed by atoms with Crippen molar-refractivity contribution >= 4 is 10.2 Å². The fourth-order valence-corrected chi connectivity index (χ4v) is 2.86. The van der Waals surface area contributed by atoms with Crippen LogP contribution >= 0.6 is 0 Å². The Balaban J connectivity index is 0.000000251. The molecule has 0 saturated heterocycles. The molecule has 0 atom stereocenters. The van der Waals surface area contributed by atoms with E-state index in [-0.39, 0.29) is 0 Å². The van der Waals surface area contributed by atoms with E-state index in [1.54, 1.807) is 25.7 Å². The molecule has 0 aliphatic heterocycles. The maximum atomic E-state index is 2.19. The van der Waals surface area contributed by atoms with Crippen LogP contribution in [0.2, 0.25) is 6.04 Å². The molecule has 0 unspecified atom stereocenters. The van der Waals surface area contributed by atoms with Gasteiger partial charge in [0.05, 0.1) is 0 Å². The van der Waals surface area contributed by atoms with Crippen molar-refractivity contribution < 1.29 is 0 Å². The first-order valence-corrected chi connectivity index (χ1v) is 7.79. The van der Waals surface area contributed by atoms with Gasteiger partial charge in [-0.05, 0) is 11.8 Å². The van der Waals surface area contributed by atoms with Gasteiger partial charge in [0.1, 0.15) is 0 Å². The SMILES string of the molecule is C1CCC(C2CCCC2)C1.CC[SiH3]. The van der Waals surface area contributed by atoms with Gasteiger partial charge < -0.3 is 0 Å². The Kier molecular flexibility index (Phi) is 5.77. The molecule has 2 saturated carbocycles. The van der Waals surface area contributed by atoms with Crippen molar-refractivity contribution in [3.63, 3.8) is 0 Å². The summed E-state index contributed by atoms with van der Waals surface area (Å²) in [7, 11) is 1.37. The second kappa shape index (κ2) is 6.64. The van der Waals surface area contributed by atoms with Crippen LogP contribution in [0, 0.1) is 11.8 Å². The van der Waals surface area contributed by atoms with E-state index in [1.807, 2.05) is 0 Å². The Bertz CT molecular complexity index is 96.3. The van der Waals surface area contributed by atoms with Crippen LogP contribution in [-0.2, 0) is 0 Å². The Morgan fingerprint density at radius 3 is 1.31 bits per heavy atom. The molecule has 2 aliphatic rings. The van der Waals surface area contributed by atoms with E-state index in [2.05, 4.69) is 6.92 Å².